The van der Waals surface area contributed by atoms with Crippen LogP contribution in [0.25, 0.3) is 0 Å². The van der Waals surface area contributed by atoms with Crippen LogP contribution in [0.5, 0.6) is 0 Å². The van der Waals surface area contributed by atoms with Gasteiger partial charge in [-0.15, -0.1) is 0 Å². The highest BCUT2D eigenvalue weighted by Gasteiger charge is 2.39. The predicted octanol–water partition coefficient (Wildman–Crippen LogP) is 2.06. The van der Waals surface area contributed by atoms with Crippen LogP contribution in [0.15, 0.2) is 4.52 Å². The van der Waals surface area contributed by atoms with Gasteiger partial charge in [0, 0.05) is 25.2 Å². The molecule has 6 heteroatoms. The second kappa shape index (κ2) is 7.01. The highest BCUT2D eigenvalue weighted by atomic mass is 16.5. The Kier molecular flexibility index (Phi) is 5.02. The van der Waals surface area contributed by atoms with Crippen molar-refractivity contribution in [3.63, 3.8) is 0 Å². The third kappa shape index (κ3) is 3.43. The summed E-state index contributed by atoms with van der Waals surface area (Å²) in [5.74, 6) is 0.517. The van der Waals surface area contributed by atoms with Crippen LogP contribution in [0.1, 0.15) is 53.9 Å². The fourth-order valence-corrected chi connectivity index (χ4v) is 3.99. The molecule has 23 heavy (non-hydrogen) atoms. The van der Waals surface area contributed by atoms with E-state index in [0.717, 1.165) is 39.1 Å². The maximum Gasteiger partial charge on any atom is 0.256 e. The highest BCUT2D eigenvalue weighted by Crippen LogP contribution is 2.34. The van der Waals surface area contributed by atoms with Gasteiger partial charge in [0.2, 0.25) is 0 Å². The fourth-order valence-electron chi connectivity index (χ4n) is 3.99. The number of hydrogen-bond donors (Lipinski definition) is 1. The number of hydrogen-bond acceptors (Lipinski definition) is 5. The predicted molar refractivity (Wildman–Crippen MR) is 86.5 cm³/mol. The Bertz CT molecular complexity index is 524. The lowest BCUT2D eigenvalue weighted by molar-refractivity contribution is -0.0361. The van der Waals surface area contributed by atoms with Gasteiger partial charge in [0.15, 0.2) is 0 Å². The first-order chi connectivity index (χ1) is 11.1. The second-order valence-electron chi connectivity index (χ2n) is 6.77. The van der Waals surface area contributed by atoms with Crippen LogP contribution in [-0.4, -0.2) is 54.4 Å². The minimum atomic E-state index is -0.0699. The van der Waals surface area contributed by atoms with Crippen LogP contribution < -0.4 is 5.32 Å². The van der Waals surface area contributed by atoms with Crippen molar-refractivity contribution < 1.29 is 14.1 Å². The molecule has 1 saturated heterocycles. The maximum atomic E-state index is 12.6. The molecule has 2 heterocycles. The van der Waals surface area contributed by atoms with E-state index in [1.165, 1.54) is 19.3 Å². The molecule has 0 unspecified atom stereocenters. The SMILES string of the molecule is Cc1noc(C)c1C(=O)NCC1(N2CCOCC2)CCCCC1. The number of rotatable bonds is 4. The van der Waals surface area contributed by atoms with Crippen molar-refractivity contribution in [2.24, 2.45) is 0 Å². The van der Waals surface area contributed by atoms with Crippen LogP contribution in [-0.2, 0) is 4.74 Å². The Morgan fingerprint density at radius 1 is 1.22 bits per heavy atom. The maximum absolute atomic E-state index is 12.6. The number of carbonyl (C=O) groups is 1. The lowest BCUT2D eigenvalue weighted by atomic mass is 9.79. The standard InChI is InChI=1S/C17H27N3O3/c1-13-15(14(2)23-19-13)16(21)18-12-17(6-4-3-5-7-17)20-8-10-22-11-9-20/h3-12H2,1-2H3,(H,18,21). The fraction of sp³-hybridized carbons (Fsp3) is 0.765. The minimum Gasteiger partial charge on any atom is -0.379 e. The summed E-state index contributed by atoms with van der Waals surface area (Å²) in [4.78, 5) is 15.1. The second-order valence-corrected chi connectivity index (χ2v) is 6.77. The molecule has 1 aliphatic carbocycles. The summed E-state index contributed by atoms with van der Waals surface area (Å²) in [7, 11) is 0. The van der Waals surface area contributed by atoms with E-state index >= 15 is 0 Å². The lowest BCUT2D eigenvalue weighted by Gasteiger charge is -2.48. The molecule has 1 saturated carbocycles. The molecule has 1 N–H and O–H groups in total. The van der Waals surface area contributed by atoms with Gasteiger partial charge >= 0.3 is 0 Å². The number of aromatic nitrogens is 1. The lowest BCUT2D eigenvalue weighted by Crippen LogP contribution is -2.59. The topological polar surface area (TPSA) is 67.6 Å². The van der Waals surface area contributed by atoms with E-state index in [-0.39, 0.29) is 11.4 Å². The van der Waals surface area contributed by atoms with Gasteiger partial charge in [-0.3, -0.25) is 9.69 Å². The van der Waals surface area contributed by atoms with E-state index in [1.54, 1.807) is 6.92 Å². The molecule has 2 fully saturated rings. The van der Waals surface area contributed by atoms with Crippen LogP contribution in [0.4, 0.5) is 0 Å². The van der Waals surface area contributed by atoms with Gasteiger partial charge in [-0.2, -0.15) is 0 Å². The number of nitrogens with one attached hydrogen (secondary N) is 1. The Balaban J connectivity index is 1.70. The van der Waals surface area contributed by atoms with Crippen molar-refractivity contribution in [2.45, 2.75) is 51.5 Å². The first kappa shape index (κ1) is 16.5. The van der Waals surface area contributed by atoms with E-state index in [4.69, 9.17) is 9.26 Å². The van der Waals surface area contributed by atoms with Gasteiger partial charge in [0.25, 0.3) is 5.91 Å². The first-order valence-electron chi connectivity index (χ1n) is 8.66. The first-order valence-corrected chi connectivity index (χ1v) is 8.66. The van der Waals surface area contributed by atoms with Gasteiger partial charge in [-0.25, -0.2) is 0 Å². The molecule has 1 aromatic heterocycles. The normalized spacial score (nSPS) is 22.0. The third-order valence-corrected chi connectivity index (χ3v) is 5.30. The summed E-state index contributed by atoms with van der Waals surface area (Å²) in [6.07, 6.45) is 6.06. The zero-order valence-corrected chi connectivity index (χ0v) is 14.2. The van der Waals surface area contributed by atoms with Crippen LogP contribution in [0.3, 0.4) is 0 Å². The molecule has 128 valence electrons. The number of morpholine rings is 1. The largest absolute Gasteiger partial charge is 0.379 e. The van der Waals surface area contributed by atoms with Crippen molar-refractivity contribution in [2.75, 3.05) is 32.8 Å². The van der Waals surface area contributed by atoms with Gasteiger partial charge in [0.1, 0.15) is 11.3 Å². The van der Waals surface area contributed by atoms with Gasteiger partial charge in [-0.05, 0) is 26.7 Å². The smallest absolute Gasteiger partial charge is 0.256 e. The summed E-state index contributed by atoms with van der Waals surface area (Å²) >= 11 is 0. The Hall–Kier alpha value is -1.40. The average molecular weight is 321 g/mol. The Morgan fingerprint density at radius 2 is 1.91 bits per heavy atom. The van der Waals surface area contributed by atoms with E-state index in [2.05, 4.69) is 15.4 Å². The van der Waals surface area contributed by atoms with E-state index in [9.17, 15) is 4.79 Å². The van der Waals surface area contributed by atoms with Crippen molar-refractivity contribution in [1.29, 1.82) is 0 Å². The van der Waals surface area contributed by atoms with Crippen molar-refractivity contribution in [3.8, 4) is 0 Å². The average Bonchev–Trinajstić information content (AvgIpc) is 2.93. The quantitative estimate of drug-likeness (QED) is 0.919. The summed E-state index contributed by atoms with van der Waals surface area (Å²) in [5, 5.41) is 7.03. The summed E-state index contributed by atoms with van der Waals surface area (Å²) < 4.78 is 10.6. The summed E-state index contributed by atoms with van der Waals surface area (Å²) in [6.45, 7) is 7.79. The van der Waals surface area contributed by atoms with Crippen molar-refractivity contribution >= 4 is 5.91 Å². The monoisotopic (exact) mass is 321 g/mol. The van der Waals surface area contributed by atoms with Crippen molar-refractivity contribution in [3.05, 3.63) is 17.0 Å². The van der Waals surface area contributed by atoms with Crippen LogP contribution in [0, 0.1) is 13.8 Å². The molecule has 1 aromatic rings. The molecular formula is C17H27N3O3. The van der Waals surface area contributed by atoms with E-state index in [0.29, 0.717) is 23.6 Å². The molecule has 0 bridgehead atoms. The number of nitrogens with zero attached hydrogens (tertiary/aromatic N) is 2. The van der Waals surface area contributed by atoms with Crippen molar-refractivity contribution in [1.82, 2.24) is 15.4 Å². The van der Waals surface area contributed by atoms with Gasteiger partial charge in [0.05, 0.1) is 18.9 Å². The number of aryl methyl sites for hydroxylation is 2. The number of amides is 1. The summed E-state index contributed by atoms with van der Waals surface area (Å²) in [6, 6.07) is 0. The Labute approximate surface area is 137 Å². The van der Waals surface area contributed by atoms with E-state index in [1.807, 2.05) is 6.92 Å². The van der Waals surface area contributed by atoms with Crippen LogP contribution in [0.2, 0.25) is 0 Å². The number of carbonyl (C=O) groups excluding carboxylic acids is 1. The molecule has 0 radical (unpaired) electrons. The number of ether oxygens (including phenoxy) is 1. The van der Waals surface area contributed by atoms with E-state index < -0.39 is 0 Å². The molecule has 0 spiro atoms. The molecule has 1 amide bonds. The Morgan fingerprint density at radius 3 is 2.52 bits per heavy atom. The molecule has 3 rings (SSSR count). The molecule has 0 atom stereocenters. The zero-order chi connectivity index (χ0) is 16.3. The minimum absolute atomic E-state index is 0.0699. The molecule has 2 aliphatic rings. The molecule has 6 nitrogen and oxygen atoms in total. The molecular weight excluding hydrogens is 294 g/mol. The van der Waals surface area contributed by atoms with Crippen LogP contribution >= 0.6 is 0 Å². The van der Waals surface area contributed by atoms with Gasteiger partial charge < -0.3 is 14.6 Å². The highest BCUT2D eigenvalue weighted by molar-refractivity contribution is 5.96. The molecule has 0 aromatic carbocycles. The summed E-state index contributed by atoms with van der Waals surface area (Å²) in [5.41, 5.74) is 1.32. The third-order valence-electron chi connectivity index (χ3n) is 5.30. The van der Waals surface area contributed by atoms with Gasteiger partial charge in [-0.1, -0.05) is 24.4 Å². The zero-order valence-electron chi connectivity index (χ0n) is 14.2. The molecule has 1 aliphatic heterocycles.